The Labute approximate surface area is 144 Å². The average molecular weight is 376 g/mol. The zero-order chi connectivity index (χ0) is 17.2. The van der Waals surface area contributed by atoms with Crippen molar-refractivity contribution in [2.45, 2.75) is 0 Å². The Morgan fingerprint density at radius 1 is 1.26 bits per heavy atom. The molecule has 1 aromatic heterocycles. The molecule has 1 N–H and O–H groups in total. The Morgan fingerprint density at radius 2 is 1.96 bits per heavy atom. The van der Waals surface area contributed by atoms with Crippen LogP contribution in [-0.2, 0) is 16.9 Å². The second-order valence-electron chi connectivity index (χ2n) is 5.05. The Bertz CT molecular complexity index is 847. The first-order valence-corrected chi connectivity index (χ1v) is 9.44. The molecule has 0 saturated carbocycles. The summed E-state index contributed by atoms with van der Waals surface area (Å²) in [5.74, 6) is -0.554. The first kappa shape index (κ1) is 17.8. The highest BCUT2D eigenvalue weighted by Gasteiger charge is 2.15. The third-order valence-electron chi connectivity index (χ3n) is 3.09. The van der Waals surface area contributed by atoms with Gasteiger partial charge in [0, 0.05) is 25.4 Å². The zero-order valence-corrected chi connectivity index (χ0v) is 14.8. The van der Waals surface area contributed by atoms with Crippen molar-refractivity contribution >= 4 is 38.9 Å². The Hall–Kier alpha value is -1.57. The molecule has 0 unspecified atom stereocenters. The number of aryl methyl sites for hydroxylation is 1. The van der Waals surface area contributed by atoms with Crippen molar-refractivity contribution in [2.24, 2.45) is 7.05 Å². The number of hydrogen-bond donors (Lipinski definition) is 1. The number of aromatic nitrogens is 2. The molecular weight excluding hydrogens is 361 g/mol. The molecule has 23 heavy (non-hydrogen) atoms. The number of carbonyl (C=O) groups excluding carboxylic acids is 1. The number of halogens is 2. The van der Waals surface area contributed by atoms with Crippen LogP contribution in [0, 0.1) is 0 Å². The number of benzene rings is 1. The molecule has 0 aliphatic carbocycles. The van der Waals surface area contributed by atoms with Gasteiger partial charge < -0.3 is 5.32 Å². The first-order valence-electron chi connectivity index (χ1n) is 6.63. The van der Waals surface area contributed by atoms with E-state index in [0.717, 1.165) is 11.8 Å². The fourth-order valence-corrected chi connectivity index (χ4v) is 2.72. The third-order valence-corrected chi connectivity index (χ3v) is 4.77. The van der Waals surface area contributed by atoms with Gasteiger partial charge in [-0.25, -0.2) is 8.42 Å². The van der Waals surface area contributed by atoms with E-state index in [-0.39, 0.29) is 18.0 Å². The third kappa shape index (κ3) is 4.70. The molecule has 0 bridgehead atoms. The molecule has 1 amide bonds. The normalized spacial score (nSPS) is 11.5. The van der Waals surface area contributed by atoms with Crippen LogP contribution in [0.25, 0.3) is 11.3 Å². The van der Waals surface area contributed by atoms with Crippen LogP contribution in [-0.4, -0.2) is 42.7 Å². The maximum absolute atomic E-state index is 12.0. The monoisotopic (exact) mass is 375 g/mol. The highest BCUT2D eigenvalue weighted by Crippen LogP contribution is 2.28. The van der Waals surface area contributed by atoms with Crippen LogP contribution < -0.4 is 5.32 Å². The van der Waals surface area contributed by atoms with Crippen molar-refractivity contribution in [3.8, 4) is 11.3 Å². The van der Waals surface area contributed by atoms with Crippen LogP contribution in [0.3, 0.4) is 0 Å². The largest absolute Gasteiger partial charge is 0.350 e. The molecule has 0 spiro atoms. The van der Waals surface area contributed by atoms with Gasteiger partial charge in [-0.2, -0.15) is 5.10 Å². The van der Waals surface area contributed by atoms with E-state index in [1.807, 2.05) is 0 Å². The Kier molecular flexibility index (Phi) is 5.33. The molecule has 0 saturated heterocycles. The summed E-state index contributed by atoms with van der Waals surface area (Å²) >= 11 is 11.9. The van der Waals surface area contributed by atoms with Crippen LogP contribution in [0.2, 0.25) is 10.0 Å². The van der Waals surface area contributed by atoms with Gasteiger partial charge >= 0.3 is 0 Å². The predicted molar refractivity (Wildman–Crippen MR) is 90.7 cm³/mol. The quantitative estimate of drug-likeness (QED) is 0.867. The first-order chi connectivity index (χ1) is 10.7. The number of hydrogen-bond acceptors (Lipinski definition) is 4. The molecule has 0 atom stereocenters. The van der Waals surface area contributed by atoms with E-state index >= 15 is 0 Å². The van der Waals surface area contributed by atoms with E-state index in [0.29, 0.717) is 15.7 Å². The van der Waals surface area contributed by atoms with Gasteiger partial charge in [-0.1, -0.05) is 29.3 Å². The minimum Gasteiger partial charge on any atom is -0.350 e. The Balaban J connectivity index is 2.17. The van der Waals surface area contributed by atoms with Crippen LogP contribution in [0.5, 0.6) is 0 Å². The maximum Gasteiger partial charge on any atom is 0.271 e. The highest BCUT2D eigenvalue weighted by atomic mass is 35.5. The van der Waals surface area contributed by atoms with E-state index in [2.05, 4.69) is 10.4 Å². The number of sulfone groups is 1. The fraction of sp³-hybridized carbons (Fsp3) is 0.286. The number of carbonyl (C=O) groups is 1. The van der Waals surface area contributed by atoms with Gasteiger partial charge in [0.1, 0.15) is 9.84 Å². The van der Waals surface area contributed by atoms with E-state index in [9.17, 15) is 13.2 Å². The number of nitrogens with zero attached hydrogens (tertiary/aromatic N) is 2. The second-order valence-corrected chi connectivity index (χ2v) is 8.13. The molecule has 6 nitrogen and oxygen atoms in total. The topological polar surface area (TPSA) is 81.1 Å². The molecule has 2 rings (SSSR count). The van der Waals surface area contributed by atoms with E-state index in [1.165, 1.54) is 0 Å². The van der Waals surface area contributed by atoms with Gasteiger partial charge in [0.25, 0.3) is 5.91 Å². The molecule has 124 valence electrons. The lowest BCUT2D eigenvalue weighted by Gasteiger charge is -2.03. The lowest BCUT2D eigenvalue weighted by Crippen LogP contribution is -2.29. The molecule has 2 aromatic rings. The van der Waals surface area contributed by atoms with E-state index in [4.69, 9.17) is 23.2 Å². The average Bonchev–Trinajstić information content (AvgIpc) is 2.82. The lowest BCUT2D eigenvalue weighted by atomic mass is 10.1. The SMILES string of the molecule is Cn1nc(C(=O)NCCS(C)(=O)=O)cc1-c1ccc(Cl)c(Cl)c1. The summed E-state index contributed by atoms with van der Waals surface area (Å²) in [4.78, 5) is 12.0. The number of amides is 1. The molecule has 1 heterocycles. The van der Waals surface area contributed by atoms with Crippen LogP contribution in [0.1, 0.15) is 10.5 Å². The van der Waals surface area contributed by atoms with Gasteiger partial charge in [-0.3, -0.25) is 9.48 Å². The summed E-state index contributed by atoms with van der Waals surface area (Å²) in [6, 6.07) is 6.73. The summed E-state index contributed by atoms with van der Waals surface area (Å²) in [5.41, 5.74) is 1.66. The van der Waals surface area contributed by atoms with Gasteiger partial charge in [0.2, 0.25) is 0 Å². The van der Waals surface area contributed by atoms with Gasteiger partial charge in [0.15, 0.2) is 5.69 Å². The maximum atomic E-state index is 12.0. The molecule has 9 heteroatoms. The lowest BCUT2D eigenvalue weighted by molar-refractivity contribution is 0.0950. The minimum atomic E-state index is -3.12. The molecule has 0 fully saturated rings. The van der Waals surface area contributed by atoms with E-state index < -0.39 is 15.7 Å². The molecule has 0 aliphatic rings. The summed E-state index contributed by atoms with van der Waals surface area (Å²) < 4.78 is 23.7. The summed E-state index contributed by atoms with van der Waals surface area (Å²) in [7, 11) is -1.42. The number of nitrogens with one attached hydrogen (secondary N) is 1. The highest BCUT2D eigenvalue weighted by molar-refractivity contribution is 7.90. The van der Waals surface area contributed by atoms with Crippen LogP contribution in [0.4, 0.5) is 0 Å². The fourth-order valence-electron chi connectivity index (χ4n) is 1.94. The molecular formula is C14H15Cl2N3O3S. The molecule has 0 radical (unpaired) electrons. The predicted octanol–water partition coefficient (Wildman–Crippen LogP) is 2.17. The Morgan fingerprint density at radius 3 is 2.57 bits per heavy atom. The van der Waals surface area contributed by atoms with Crippen molar-refractivity contribution in [1.29, 1.82) is 0 Å². The van der Waals surface area contributed by atoms with Crippen molar-refractivity contribution in [2.75, 3.05) is 18.6 Å². The van der Waals surface area contributed by atoms with Gasteiger partial charge in [-0.15, -0.1) is 0 Å². The smallest absolute Gasteiger partial charge is 0.271 e. The standard InChI is InChI=1S/C14H15Cl2N3O3S/c1-19-13(9-3-4-10(15)11(16)7-9)8-12(18-19)14(20)17-5-6-23(2,21)22/h3-4,7-8H,5-6H2,1-2H3,(H,17,20). The van der Waals surface area contributed by atoms with Gasteiger partial charge in [-0.05, 0) is 18.2 Å². The molecule has 0 aliphatic heterocycles. The van der Waals surface area contributed by atoms with Crippen LogP contribution in [0.15, 0.2) is 24.3 Å². The number of rotatable bonds is 5. The van der Waals surface area contributed by atoms with E-state index in [1.54, 1.807) is 36.0 Å². The van der Waals surface area contributed by atoms with Crippen molar-refractivity contribution in [1.82, 2.24) is 15.1 Å². The minimum absolute atomic E-state index is 0.0380. The van der Waals surface area contributed by atoms with Gasteiger partial charge in [0.05, 0.1) is 21.5 Å². The van der Waals surface area contributed by atoms with Crippen molar-refractivity contribution in [3.63, 3.8) is 0 Å². The second kappa shape index (κ2) is 6.90. The summed E-state index contributed by atoms with van der Waals surface area (Å²) in [6.45, 7) is 0.0380. The summed E-state index contributed by atoms with van der Waals surface area (Å²) in [6.07, 6.45) is 1.11. The molecule has 1 aromatic carbocycles. The summed E-state index contributed by atoms with van der Waals surface area (Å²) in [5, 5.41) is 7.51. The van der Waals surface area contributed by atoms with Crippen molar-refractivity contribution < 1.29 is 13.2 Å². The van der Waals surface area contributed by atoms with Crippen LogP contribution >= 0.6 is 23.2 Å². The van der Waals surface area contributed by atoms with Crippen molar-refractivity contribution in [3.05, 3.63) is 40.0 Å². The zero-order valence-electron chi connectivity index (χ0n) is 12.5.